The smallest absolute Gasteiger partial charge is 0.265 e. The maximum atomic E-state index is 11.0. The number of nitrogens with zero attached hydrogens (tertiary/aromatic N) is 1. The van der Waals surface area contributed by atoms with Gasteiger partial charge in [0.2, 0.25) is 0 Å². The topological polar surface area (TPSA) is 48.0 Å². The molecule has 0 spiro atoms. The molecule has 1 amide bonds. The van der Waals surface area contributed by atoms with Crippen LogP contribution < -0.4 is 5.73 Å². The maximum Gasteiger partial charge on any atom is 0.265 e. The molecule has 0 aliphatic carbocycles. The highest BCUT2D eigenvalue weighted by molar-refractivity contribution is 5.92. The van der Waals surface area contributed by atoms with Gasteiger partial charge < -0.3 is 10.3 Å². The molecule has 0 atom stereocenters. The van der Waals surface area contributed by atoms with Gasteiger partial charge in [0.15, 0.2) is 0 Å². The quantitative estimate of drug-likeness (QED) is 0.719. The van der Waals surface area contributed by atoms with E-state index in [9.17, 15) is 4.79 Å². The average molecular weight is 166 g/mol. The minimum absolute atomic E-state index is 0.335. The fourth-order valence-corrected chi connectivity index (χ4v) is 1.37. The van der Waals surface area contributed by atoms with Crippen molar-refractivity contribution in [2.45, 2.75) is 26.8 Å². The number of carbonyl (C=O) groups excluding carboxylic acids is 1. The first-order chi connectivity index (χ1) is 5.70. The van der Waals surface area contributed by atoms with Gasteiger partial charge in [-0.2, -0.15) is 0 Å². The Kier molecular flexibility index (Phi) is 2.53. The molecule has 66 valence electrons. The second kappa shape index (κ2) is 3.43. The van der Waals surface area contributed by atoms with Gasteiger partial charge in [0.25, 0.3) is 5.91 Å². The van der Waals surface area contributed by atoms with Crippen molar-refractivity contribution in [2.75, 3.05) is 0 Å². The zero-order chi connectivity index (χ0) is 9.14. The van der Waals surface area contributed by atoms with Gasteiger partial charge in [0.05, 0.1) is 0 Å². The summed E-state index contributed by atoms with van der Waals surface area (Å²) < 4.78 is 1.88. The van der Waals surface area contributed by atoms with Crippen LogP contribution >= 0.6 is 0 Å². The molecule has 1 heterocycles. The zero-order valence-corrected chi connectivity index (χ0v) is 7.50. The number of rotatable bonds is 3. The summed E-state index contributed by atoms with van der Waals surface area (Å²) in [6, 6.07) is 1.95. The fraction of sp³-hybridized carbons (Fsp3) is 0.444. The van der Waals surface area contributed by atoms with Crippen molar-refractivity contribution < 1.29 is 4.79 Å². The number of primary amides is 1. The molecule has 1 aromatic heterocycles. The van der Waals surface area contributed by atoms with E-state index in [1.54, 1.807) is 0 Å². The molecule has 3 heteroatoms. The fourth-order valence-electron chi connectivity index (χ4n) is 1.37. The summed E-state index contributed by atoms with van der Waals surface area (Å²) in [5, 5.41) is 0. The van der Waals surface area contributed by atoms with Gasteiger partial charge in [-0.15, -0.1) is 0 Å². The SMILES string of the molecule is CCc1ccn(CC)c1C(N)=O. The lowest BCUT2D eigenvalue weighted by Gasteiger charge is -2.03. The Morgan fingerprint density at radius 1 is 1.58 bits per heavy atom. The summed E-state index contributed by atoms with van der Waals surface area (Å²) in [5.74, 6) is -0.335. The molecule has 0 aromatic carbocycles. The molecule has 0 bridgehead atoms. The first-order valence-corrected chi connectivity index (χ1v) is 4.18. The monoisotopic (exact) mass is 166 g/mol. The van der Waals surface area contributed by atoms with Gasteiger partial charge in [-0.3, -0.25) is 4.79 Å². The van der Waals surface area contributed by atoms with E-state index in [1.807, 2.05) is 30.7 Å². The van der Waals surface area contributed by atoms with E-state index >= 15 is 0 Å². The zero-order valence-electron chi connectivity index (χ0n) is 7.50. The Bertz CT molecular complexity index is 267. The molecule has 0 saturated heterocycles. The second-order valence-corrected chi connectivity index (χ2v) is 2.69. The summed E-state index contributed by atoms with van der Waals surface area (Å²) in [6.45, 7) is 4.80. The lowest BCUT2D eigenvalue weighted by Crippen LogP contribution is -2.17. The highest BCUT2D eigenvalue weighted by atomic mass is 16.1. The summed E-state index contributed by atoms with van der Waals surface area (Å²) >= 11 is 0. The van der Waals surface area contributed by atoms with E-state index < -0.39 is 0 Å². The molecule has 0 saturated carbocycles. The van der Waals surface area contributed by atoms with Crippen LogP contribution in [-0.2, 0) is 13.0 Å². The lowest BCUT2D eigenvalue weighted by atomic mass is 10.2. The van der Waals surface area contributed by atoms with Crippen molar-refractivity contribution in [3.63, 3.8) is 0 Å². The molecule has 0 unspecified atom stereocenters. The Labute approximate surface area is 72.2 Å². The standard InChI is InChI=1S/C9H14N2O/c1-3-7-5-6-11(4-2)8(7)9(10)12/h5-6H,3-4H2,1-2H3,(H2,10,12). The molecule has 0 aliphatic heterocycles. The Balaban J connectivity index is 3.16. The highest BCUT2D eigenvalue weighted by Gasteiger charge is 2.11. The van der Waals surface area contributed by atoms with E-state index in [2.05, 4.69) is 0 Å². The third-order valence-electron chi connectivity index (χ3n) is 2.00. The van der Waals surface area contributed by atoms with E-state index in [-0.39, 0.29) is 5.91 Å². The van der Waals surface area contributed by atoms with Gasteiger partial charge in [-0.05, 0) is 25.0 Å². The van der Waals surface area contributed by atoms with Crippen molar-refractivity contribution >= 4 is 5.91 Å². The number of hydrogen-bond acceptors (Lipinski definition) is 1. The second-order valence-electron chi connectivity index (χ2n) is 2.69. The minimum Gasteiger partial charge on any atom is -0.364 e. The maximum absolute atomic E-state index is 11.0. The van der Waals surface area contributed by atoms with Gasteiger partial charge in [-0.25, -0.2) is 0 Å². The van der Waals surface area contributed by atoms with Crippen LogP contribution in [0.2, 0.25) is 0 Å². The Hall–Kier alpha value is -1.25. The predicted octanol–water partition coefficient (Wildman–Crippen LogP) is 1.17. The summed E-state index contributed by atoms with van der Waals surface area (Å²) in [5.41, 5.74) is 6.94. The molecule has 0 aliphatic rings. The largest absolute Gasteiger partial charge is 0.364 e. The van der Waals surface area contributed by atoms with Crippen molar-refractivity contribution in [3.8, 4) is 0 Å². The molecule has 1 rings (SSSR count). The van der Waals surface area contributed by atoms with E-state index in [4.69, 9.17) is 5.73 Å². The molecule has 1 aromatic rings. The Morgan fingerprint density at radius 2 is 2.25 bits per heavy atom. The minimum atomic E-state index is -0.335. The number of aromatic nitrogens is 1. The first kappa shape index (κ1) is 8.84. The summed E-state index contributed by atoms with van der Waals surface area (Å²) in [6.07, 6.45) is 2.75. The lowest BCUT2D eigenvalue weighted by molar-refractivity contribution is 0.0990. The molecule has 2 N–H and O–H groups in total. The average Bonchev–Trinajstić information content (AvgIpc) is 2.46. The highest BCUT2D eigenvalue weighted by Crippen LogP contribution is 2.10. The van der Waals surface area contributed by atoms with Crippen LogP contribution in [0.5, 0.6) is 0 Å². The first-order valence-electron chi connectivity index (χ1n) is 4.18. The van der Waals surface area contributed by atoms with Crippen molar-refractivity contribution in [2.24, 2.45) is 5.73 Å². The van der Waals surface area contributed by atoms with Crippen LogP contribution in [0.15, 0.2) is 12.3 Å². The van der Waals surface area contributed by atoms with Crippen LogP contribution in [0.1, 0.15) is 29.9 Å². The number of hydrogen-bond donors (Lipinski definition) is 1. The Morgan fingerprint density at radius 3 is 2.67 bits per heavy atom. The number of amides is 1. The normalized spacial score (nSPS) is 10.2. The third-order valence-corrected chi connectivity index (χ3v) is 2.00. The molecule has 3 nitrogen and oxygen atoms in total. The van der Waals surface area contributed by atoms with Gasteiger partial charge in [0, 0.05) is 12.7 Å². The van der Waals surface area contributed by atoms with Crippen molar-refractivity contribution in [3.05, 3.63) is 23.5 Å². The molecular weight excluding hydrogens is 152 g/mol. The van der Waals surface area contributed by atoms with Crippen LogP contribution in [0.3, 0.4) is 0 Å². The molecule has 12 heavy (non-hydrogen) atoms. The van der Waals surface area contributed by atoms with Gasteiger partial charge in [-0.1, -0.05) is 6.92 Å². The van der Waals surface area contributed by atoms with Crippen LogP contribution in [0, 0.1) is 0 Å². The van der Waals surface area contributed by atoms with Gasteiger partial charge in [0.1, 0.15) is 5.69 Å². The number of carbonyl (C=O) groups is 1. The summed E-state index contributed by atoms with van der Waals surface area (Å²) in [7, 11) is 0. The number of nitrogens with two attached hydrogens (primary N) is 1. The summed E-state index contributed by atoms with van der Waals surface area (Å²) in [4.78, 5) is 11.0. The molecule has 0 radical (unpaired) electrons. The van der Waals surface area contributed by atoms with E-state index in [0.717, 1.165) is 18.5 Å². The van der Waals surface area contributed by atoms with E-state index in [1.165, 1.54) is 0 Å². The van der Waals surface area contributed by atoms with Crippen LogP contribution in [0.4, 0.5) is 0 Å². The van der Waals surface area contributed by atoms with E-state index in [0.29, 0.717) is 5.69 Å². The van der Waals surface area contributed by atoms with Crippen LogP contribution in [-0.4, -0.2) is 10.5 Å². The molecular formula is C9H14N2O. The number of aryl methyl sites for hydroxylation is 2. The van der Waals surface area contributed by atoms with Crippen molar-refractivity contribution in [1.82, 2.24) is 4.57 Å². The van der Waals surface area contributed by atoms with Crippen molar-refractivity contribution in [1.29, 1.82) is 0 Å². The molecule has 0 fully saturated rings. The third kappa shape index (κ3) is 1.35. The predicted molar refractivity (Wildman–Crippen MR) is 48.0 cm³/mol. The van der Waals surface area contributed by atoms with Gasteiger partial charge >= 0.3 is 0 Å². The van der Waals surface area contributed by atoms with Crippen LogP contribution in [0.25, 0.3) is 0 Å².